The Morgan fingerprint density at radius 2 is 2.04 bits per heavy atom. The van der Waals surface area contributed by atoms with E-state index in [4.69, 9.17) is 16.3 Å². The molecule has 1 aromatic rings. The number of aryl methyl sites for hydroxylation is 1. The molecular weight excluding hydrogens is 400 g/mol. The zero-order valence-corrected chi connectivity index (χ0v) is 15.4. The fourth-order valence-corrected chi connectivity index (χ4v) is 4.24. The van der Waals surface area contributed by atoms with Crippen LogP contribution in [0.25, 0.3) is 0 Å². The monoisotopic (exact) mass is 414 g/mol. The van der Waals surface area contributed by atoms with E-state index in [2.05, 4.69) is 21.2 Å². The highest BCUT2D eigenvalue weighted by Gasteiger charge is 2.52. The average Bonchev–Trinajstić information content (AvgIpc) is 3.04. The molecule has 1 N–H and O–H groups in total. The number of imide groups is 1. The van der Waals surface area contributed by atoms with Crippen molar-refractivity contribution < 1.29 is 19.1 Å². The molecule has 1 aliphatic heterocycles. The second-order valence-electron chi connectivity index (χ2n) is 6.12. The molecule has 1 aliphatic carbocycles. The summed E-state index contributed by atoms with van der Waals surface area (Å²) in [6.45, 7) is 1.32. The first kappa shape index (κ1) is 17.2. The van der Waals surface area contributed by atoms with Gasteiger partial charge in [0.25, 0.3) is 5.91 Å². The number of carbonyl (C=O) groups is 3. The lowest BCUT2D eigenvalue weighted by molar-refractivity contribution is -0.141. The first-order valence-corrected chi connectivity index (χ1v) is 8.80. The highest BCUT2D eigenvalue weighted by molar-refractivity contribution is 9.10. The Kier molecular flexibility index (Phi) is 4.57. The van der Waals surface area contributed by atoms with Crippen molar-refractivity contribution in [1.29, 1.82) is 0 Å². The lowest BCUT2D eigenvalue weighted by Gasteiger charge is -2.19. The van der Waals surface area contributed by atoms with Gasteiger partial charge in [0.1, 0.15) is 12.1 Å². The van der Waals surface area contributed by atoms with Gasteiger partial charge in [0.2, 0.25) is 0 Å². The molecule has 1 saturated carbocycles. The van der Waals surface area contributed by atoms with E-state index in [9.17, 15) is 14.4 Å². The van der Waals surface area contributed by atoms with Crippen molar-refractivity contribution >= 4 is 45.4 Å². The van der Waals surface area contributed by atoms with Crippen molar-refractivity contribution in [1.82, 2.24) is 10.2 Å². The molecule has 1 aromatic carbocycles. The SMILES string of the molecule is Cc1cc(Br)cc(Cl)c1OC(=O)CN1C(=O)NC2(CCCC2)C1=O. The zero-order chi connectivity index (χ0) is 17.5. The van der Waals surface area contributed by atoms with E-state index in [1.165, 1.54) is 0 Å². The Balaban J connectivity index is 1.72. The molecule has 1 saturated heterocycles. The fraction of sp³-hybridized carbons (Fsp3) is 0.438. The molecule has 0 aromatic heterocycles. The highest BCUT2D eigenvalue weighted by atomic mass is 79.9. The number of carbonyl (C=O) groups excluding carboxylic acids is 3. The first-order chi connectivity index (χ1) is 11.3. The molecule has 1 heterocycles. The molecule has 8 heteroatoms. The second-order valence-corrected chi connectivity index (χ2v) is 7.44. The third-order valence-corrected chi connectivity index (χ3v) is 5.14. The molecule has 1 spiro atoms. The van der Waals surface area contributed by atoms with Crippen LogP contribution in [0.4, 0.5) is 4.79 Å². The maximum absolute atomic E-state index is 12.5. The number of halogens is 2. The minimum absolute atomic E-state index is 0.229. The summed E-state index contributed by atoms with van der Waals surface area (Å²) in [6.07, 6.45) is 3.00. The number of ether oxygens (including phenoxy) is 1. The molecule has 0 bridgehead atoms. The van der Waals surface area contributed by atoms with E-state index in [1.54, 1.807) is 19.1 Å². The van der Waals surface area contributed by atoms with Crippen molar-refractivity contribution in [2.75, 3.05) is 6.54 Å². The van der Waals surface area contributed by atoms with Gasteiger partial charge >= 0.3 is 12.0 Å². The molecule has 0 radical (unpaired) electrons. The van der Waals surface area contributed by atoms with Gasteiger partial charge in [-0.15, -0.1) is 0 Å². The van der Waals surface area contributed by atoms with Crippen molar-refractivity contribution in [2.45, 2.75) is 38.1 Å². The third-order valence-electron chi connectivity index (χ3n) is 4.40. The minimum Gasteiger partial charge on any atom is -0.423 e. The first-order valence-electron chi connectivity index (χ1n) is 7.63. The Bertz CT molecular complexity index is 708. The van der Waals surface area contributed by atoms with Crippen molar-refractivity contribution in [3.63, 3.8) is 0 Å². The number of nitrogens with one attached hydrogen (secondary N) is 1. The van der Waals surface area contributed by atoms with Crippen LogP contribution in [-0.4, -0.2) is 34.9 Å². The quantitative estimate of drug-likeness (QED) is 0.467. The lowest BCUT2D eigenvalue weighted by Crippen LogP contribution is -2.44. The second kappa shape index (κ2) is 6.37. The van der Waals surface area contributed by atoms with Gasteiger partial charge in [-0.25, -0.2) is 9.59 Å². The lowest BCUT2D eigenvalue weighted by atomic mass is 9.98. The van der Waals surface area contributed by atoms with Crippen LogP contribution in [-0.2, 0) is 9.59 Å². The molecule has 6 nitrogen and oxygen atoms in total. The van der Waals surface area contributed by atoms with Crippen LogP contribution in [0.5, 0.6) is 5.75 Å². The van der Waals surface area contributed by atoms with Crippen LogP contribution >= 0.6 is 27.5 Å². The van der Waals surface area contributed by atoms with Gasteiger partial charge in [0.05, 0.1) is 5.02 Å². The maximum Gasteiger partial charge on any atom is 0.331 e. The molecule has 3 rings (SSSR count). The van der Waals surface area contributed by atoms with Gasteiger partial charge in [-0.05, 0) is 37.5 Å². The number of urea groups is 1. The van der Waals surface area contributed by atoms with Crippen molar-refractivity contribution in [2.24, 2.45) is 0 Å². The summed E-state index contributed by atoms with van der Waals surface area (Å²) in [7, 11) is 0. The predicted octanol–water partition coefficient (Wildman–Crippen LogP) is 3.18. The average molecular weight is 416 g/mol. The minimum atomic E-state index is -0.831. The number of hydrogen-bond donors (Lipinski definition) is 1. The molecule has 24 heavy (non-hydrogen) atoms. The van der Waals surface area contributed by atoms with Gasteiger partial charge in [-0.1, -0.05) is 40.4 Å². The predicted molar refractivity (Wildman–Crippen MR) is 91.0 cm³/mol. The summed E-state index contributed by atoms with van der Waals surface area (Å²) in [6, 6.07) is 2.83. The number of rotatable bonds is 3. The summed E-state index contributed by atoms with van der Waals surface area (Å²) in [5, 5.41) is 3.00. The van der Waals surface area contributed by atoms with Crippen LogP contribution in [0.2, 0.25) is 5.02 Å². The molecule has 128 valence electrons. The normalized spacial score (nSPS) is 19.0. The van der Waals surface area contributed by atoms with Gasteiger partial charge in [-0.3, -0.25) is 9.69 Å². The standard InChI is InChI=1S/C16H16BrClN2O4/c1-9-6-10(17)7-11(18)13(9)24-12(21)8-20-14(22)16(19-15(20)23)4-2-3-5-16/h6-7H,2-5,8H2,1H3,(H,19,23). The molecule has 2 fully saturated rings. The van der Waals surface area contributed by atoms with Crippen LogP contribution in [0.1, 0.15) is 31.2 Å². The van der Waals surface area contributed by atoms with E-state index in [0.29, 0.717) is 18.4 Å². The van der Waals surface area contributed by atoms with Crippen LogP contribution < -0.4 is 10.1 Å². The Labute approximate surface area is 152 Å². The molecular formula is C16H16BrClN2O4. The van der Waals surface area contributed by atoms with Crippen LogP contribution in [0.3, 0.4) is 0 Å². The summed E-state index contributed by atoms with van der Waals surface area (Å²) in [5.74, 6) is -0.825. The van der Waals surface area contributed by atoms with E-state index >= 15 is 0 Å². The largest absolute Gasteiger partial charge is 0.423 e. The maximum atomic E-state index is 12.5. The van der Waals surface area contributed by atoms with E-state index in [0.717, 1.165) is 22.2 Å². The summed E-state index contributed by atoms with van der Waals surface area (Å²) in [5.41, 5.74) is -0.157. The Morgan fingerprint density at radius 1 is 1.38 bits per heavy atom. The van der Waals surface area contributed by atoms with Crippen molar-refractivity contribution in [3.05, 3.63) is 27.2 Å². The third kappa shape index (κ3) is 3.02. The summed E-state index contributed by atoms with van der Waals surface area (Å²) >= 11 is 9.39. The molecule has 2 aliphatic rings. The van der Waals surface area contributed by atoms with Crippen LogP contribution in [0, 0.1) is 6.92 Å². The Hall–Kier alpha value is -1.60. The van der Waals surface area contributed by atoms with Gasteiger partial charge in [0, 0.05) is 4.47 Å². The Morgan fingerprint density at radius 3 is 2.67 bits per heavy atom. The number of esters is 1. The molecule has 0 atom stereocenters. The number of nitrogens with zero attached hydrogens (tertiary/aromatic N) is 1. The molecule has 0 unspecified atom stereocenters. The van der Waals surface area contributed by atoms with Gasteiger partial charge in [0.15, 0.2) is 5.75 Å². The van der Waals surface area contributed by atoms with E-state index in [1.807, 2.05) is 0 Å². The smallest absolute Gasteiger partial charge is 0.331 e. The van der Waals surface area contributed by atoms with E-state index in [-0.39, 0.29) is 16.7 Å². The zero-order valence-electron chi connectivity index (χ0n) is 13.0. The number of benzene rings is 1. The van der Waals surface area contributed by atoms with Gasteiger partial charge in [-0.2, -0.15) is 0 Å². The van der Waals surface area contributed by atoms with Crippen molar-refractivity contribution in [3.8, 4) is 5.75 Å². The summed E-state index contributed by atoms with van der Waals surface area (Å²) in [4.78, 5) is 37.7. The number of hydrogen-bond acceptors (Lipinski definition) is 4. The van der Waals surface area contributed by atoms with E-state index < -0.39 is 24.1 Å². The summed E-state index contributed by atoms with van der Waals surface area (Å²) < 4.78 is 6.04. The number of amides is 3. The highest BCUT2D eigenvalue weighted by Crippen LogP contribution is 2.35. The van der Waals surface area contributed by atoms with Crippen LogP contribution in [0.15, 0.2) is 16.6 Å². The molecule has 3 amide bonds. The van der Waals surface area contributed by atoms with Gasteiger partial charge < -0.3 is 10.1 Å². The fourth-order valence-electron chi connectivity index (χ4n) is 3.23. The topological polar surface area (TPSA) is 75.7 Å².